The maximum atomic E-state index is 11.8. The summed E-state index contributed by atoms with van der Waals surface area (Å²) in [6, 6.07) is 6.59. The van der Waals surface area contributed by atoms with E-state index in [2.05, 4.69) is 10.2 Å². The van der Waals surface area contributed by atoms with Crippen molar-refractivity contribution >= 4 is 23.4 Å². The van der Waals surface area contributed by atoms with Gasteiger partial charge in [0.15, 0.2) is 6.61 Å². The molecule has 0 spiro atoms. The van der Waals surface area contributed by atoms with E-state index in [0.29, 0.717) is 10.6 Å². The Morgan fingerprint density at radius 1 is 1.33 bits per heavy atom. The van der Waals surface area contributed by atoms with Gasteiger partial charge in [0.05, 0.1) is 16.8 Å². The van der Waals surface area contributed by atoms with Crippen molar-refractivity contribution in [3.63, 3.8) is 0 Å². The van der Waals surface area contributed by atoms with Crippen LogP contribution in [0.2, 0.25) is 5.02 Å². The number of aromatic nitrogens is 2. The fraction of sp³-hybridized carbons (Fsp3) is 0.0833. The van der Waals surface area contributed by atoms with Gasteiger partial charge in [-0.2, -0.15) is 5.10 Å². The van der Waals surface area contributed by atoms with E-state index in [0.717, 1.165) is 0 Å². The molecule has 92 valence electrons. The third-order valence-corrected chi connectivity index (χ3v) is 2.57. The Labute approximate surface area is 108 Å². The van der Waals surface area contributed by atoms with Gasteiger partial charge in [0.1, 0.15) is 0 Å². The average Bonchev–Trinajstić information content (AvgIpc) is 2.90. The number of ether oxygens (including phenoxy) is 1. The number of carbonyl (C=O) groups is 2. The lowest BCUT2D eigenvalue weighted by atomic mass is 10.1. The highest BCUT2D eigenvalue weighted by Gasteiger charge is 2.14. The van der Waals surface area contributed by atoms with E-state index in [1.165, 1.54) is 12.4 Å². The number of ketones is 1. The largest absolute Gasteiger partial charge is 0.454 e. The highest BCUT2D eigenvalue weighted by Crippen LogP contribution is 2.15. The number of hydrogen-bond donors (Lipinski definition) is 1. The lowest BCUT2D eigenvalue weighted by Crippen LogP contribution is -2.14. The van der Waals surface area contributed by atoms with Crippen molar-refractivity contribution in [2.45, 2.75) is 0 Å². The third-order valence-electron chi connectivity index (χ3n) is 2.24. The van der Waals surface area contributed by atoms with Crippen LogP contribution >= 0.6 is 11.6 Å². The van der Waals surface area contributed by atoms with Crippen LogP contribution in [0, 0.1) is 0 Å². The number of carbonyl (C=O) groups excluding carboxylic acids is 2. The molecule has 0 saturated carbocycles. The predicted molar refractivity (Wildman–Crippen MR) is 64.7 cm³/mol. The summed E-state index contributed by atoms with van der Waals surface area (Å²) in [5.74, 6) is -0.957. The van der Waals surface area contributed by atoms with Crippen molar-refractivity contribution in [2.75, 3.05) is 6.61 Å². The van der Waals surface area contributed by atoms with Crippen LogP contribution in [0.4, 0.5) is 0 Å². The predicted octanol–water partition coefficient (Wildman–Crippen LogP) is 2.10. The molecule has 1 heterocycles. The molecule has 0 aliphatic carbocycles. The van der Waals surface area contributed by atoms with Gasteiger partial charge in [0.25, 0.3) is 0 Å². The van der Waals surface area contributed by atoms with E-state index in [1.807, 2.05) is 0 Å². The fourth-order valence-corrected chi connectivity index (χ4v) is 1.58. The number of nitrogens with one attached hydrogen (secondary N) is 1. The van der Waals surface area contributed by atoms with Gasteiger partial charge in [0, 0.05) is 11.8 Å². The molecule has 18 heavy (non-hydrogen) atoms. The van der Waals surface area contributed by atoms with Crippen molar-refractivity contribution < 1.29 is 14.3 Å². The first-order chi connectivity index (χ1) is 8.68. The van der Waals surface area contributed by atoms with E-state index in [1.54, 1.807) is 24.3 Å². The highest BCUT2D eigenvalue weighted by atomic mass is 35.5. The van der Waals surface area contributed by atoms with Crippen LogP contribution in [0.15, 0.2) is 36.7 Å². The zero-order valence-corrected chi connectivity index (χ0v) is 9.98. The van der Waals surface area contributed by atoms with Gasteiger partial charge in [-0.05, 0) is 12.1 Å². The molecule has 0 radical (unpaired) electrons. The Bertz CT molecular complexity index is 566. The second-order valence-electron chi connectivity index (χ2n) is 3.47. The zero-order chi connectivity index (χ0) is 13.0. The van der Waals surface area contributed by atoms with E-state index in [4.69, 9.17) is 16.3 Å². The summed E-state index contributed by atoms with van der Waals surface area (Å²) in [7, 11) is 0. The molecule has 2 aromatic rings. The maximum absolute atomic E-state index is 11.8. The van der Waals surface area contributed by atoms with Gasteiger partial charge in [-0.25, -0.2) is 4.79 Å². The van der Waals surface area contributed by atoms with Crippen molar-refractivity contribution in [1.29, 1.82) is 0 Å². The number of Topliss-reactive ketones (excluding diaryl/α,β-unsaturated/α-hetero) is 1. The van der Waals surface area contributed by atoms with Crippen LogP contribution in [0.3, 0.4) is 0 Å². The molecule has 0 fully saturated rings. The van der Waals surface area contributed by atoms with Crippen molar-refractivity contribution in [1.82, 2.24) is 10.2 Å². The molecule has 0 aliphatic heterocycles. The molecular weight excluding hydrogens is 256 g/mol. The van der Waals surface area contributed by atoms with E-state index in [9.17, 15) is 9.59 Å². The van der Waals surface area contributed by atoms with Gasteiger partial charge in [-0.1, -0.05) is 23.7 Å². The number of aromatic amines is 1. The third kappa shape index (κ3) is 2.75. The van der Waals surface area contributed by atoms with E-state index in [-0.39, 0.29) is 18.0 Å². The van der Waals surface area contributed by atoms with E-state index < -0.39 is 5.97 Å². The Hall–Kier alpha value is -2.14. The molecule has 0 amide bonds. The number of rotatable bonds is 4. The summed E-state index contributed by atoms with van der Waals surface area (Å²) in [5.41, 5.74) is 0.598. The van der Waals surface area contributed by atoms with Crippen LogP contribution in [0.1, 0.15) is 20.7 Å². The van der Waals surface area contributed by atoms with E-state index >= 15 is 0 Å². The van der Waals surface area contributed by atoms with Crippen molar-refractivity contribution in [3.05, 3.63) is 52.8 Å². The minimum absolute atomic E-state index is 0.266. The smallest absolute Gasteiger partial charge is 0.341 e. The van der Waals surface area contributed by atoms with Gasteiger partial charge in [-0.15, -0.1) is 0 Å². The highest BCUT2D eigenvalue weighted by molar-refractivity contribution is 6.34. The van der Waals surface area contributed by atoms with Gasteiger partial charge >= 0.3 is 5.97 Å². The lowest BCUT2D eigenvalue weighted by molar-refractivity contribution is 0.0475. The quantitative estimate of drug-likeness (QED) is 0.678. The van der Waals surface area contributed by atoms with Crippen LogP contribution in [-0.4, -0.2) is 28.6 Å². The minimum Gasteiger partial charge on any atom is -0.454 e. The number of halogens is 1. The molecular formula is C12H9ClN2O3. The summed E-state index contributed by atoms with van der Waals surface area (Å²) < 4.78 is 4.85. The number of nitrogens with zero attached hydrogens (tertiary/aromatic N) is 1. The Balaban J connectivity index is 1.97. The molecule has 1 N–H and O–H groups in total. The number of benzene rings is 1. The standard InChI is InChI=1S/C12H9ClN2O3/c13-10-4-2-1-3-9(10)11(16)7-18-12(17)8-5-14-15-6-8/h1-6H,7H2,(H,14,15). The molecule has 0 aliphatic rings. The molecule has 2 rings (SSSR count). The topological polar surface area (TPSA) is 72.1 Å². The number of hydrogen-bond acceptors (Lipinski definition) is 4. The van der Waals surface area contributed by atoms with Crippen LogP contribution in [0.5, 0.6) is 0 Å². The first kappa shape index (κ1) is 12.3. The summed E-state index contributed by atoms with van der Waals surface area (Å²) in [5, 5.41) is 6.43. The first-order valence-electron chi connectivity index (χ1n) is 5.12. The summed E-state index contributed by atoms with van der Waals surface area (Å²) >= 11 is 5.86. The second kappa shape index (κ2) is 5.46. The van der Waals surface area contributed by atoms with Crippen molar-refractivity contribution in [2.24, 2.45) is 0 Å². The van der Waals surface area contributed by atoms with Gasteiger partial charge in [-0.3, -0.25) is 9.89 Å². The Morgan fingerprint density at radius 3 is 2.78 bits per heavy atom. The summed E-state index contributed by atoms with van der Waals surface area (Å²) in [6.45, 7) is -0.353. The Kier molecular flexibility index (Phi) is 3.74. The zero-order valence-electron chi connectivity index (χ0n) is 9.22. The van der Waals surface area contributed by atoms with Crippen molar-refractivity contribution in [3.8, 4) is 0 Å². The Morgan fingerprint density at radius 2 is 2.11 bits per heavy atom. The average molecular weight is 265 g/mol. The van der Waals surface area contributed by atoms with Gasteiger partial charge in [0.2, 0.25) is 5.78 Å². The minimum atomic E-state index is -0.607. The van der Waals surface area contributed by atoms with Crippen LogP contribution < -0.4 is 0 Å². The fourth-order valence-electron chi connectivity index (χ4n) is 1.34. The lowest BCUT2D eigenvalue weighted by Gasteiger charge is -2.04. The van der Waals surface area contributed by atoms with Crippen LogP contribution in [0.25, 0.3) is 0 Å². The molecule has 0 atom stereocenters. The van der Waals surface area contributed by atoms with Crippen LogP contribution in [-0.2, 0) is 4.74 Å². The normalized spacial score (nSPS) is 10.1. The molecule has 0 saturated heterocycles. The number of H-pyrrole nitrogens is 1. The molecule has 0 unspecified atom stereocenters. The molecule has 1 aromatic heterocycles. The van der Waals surface area contributed by atoms with Gasteiger partial charge < -0.3 is 4.74 Å². The molecule has 5 nitrogen and oxygen atoms in total. The summed E-state index contributed by atoms with van der Waals surface area (Å²) in [4.78, 5) is 23.2. The first-order valence-corrected chi connectivity index (χ1v) is 5.50. The molecule has 6 heteroatoms. The molecule has 0 bridgehead atoms. The summed E-state index contributed by atoms with van der Waals surface area (Å²) in [6.07, 6.45) is 2.71. The SMILES string of the molecule is O=C(OCC(=O)c1ccccc1Cl)c1cn[nH]c1. The second-order valence-corrected chi connectivity index (χ2v) is 3.87. The monoisotopic (exact) mass is 264 g/mol. The maximum Gasteiger partial charge on any atom is 0.341 e. The molecule has 1 aromatic carbocycles. The number of esters is 1.